The fraction of sp³-hybridized carbons (Fsp3) is 0.611. The number of nitrogens with zero attached hydrogens (tertiary/aromatic N) is 1. The molecule has 0 heterocycles. The Bertz CT molecular complexity index is 432. The summed E-state index contributed by atoms with van der Waals surface area (Å²) < 4.78 is 0. The Morgan fingerprint density at radius 2 is 1.75 bits per heavy atom. The van der Waals surface area contributed by atoms with Crippen LogP contribution in [0.5, 0.6) is 0 Å². The van der Waals surface area contributed by atoms with Crippen LogP contribution in [-0.2, 0) is 0 Å². The van der Waals surface area contributed by atoms with E-state index in [1.165, 1.54) is 32.1 Å². The molecule has 2 heteroatoms. The zero-order valence-corrected chi connectivity index (χ0v) is 13.1. The van der Waals surface area contributed by atoms with Crippen molar-refractivity contribution in [2.45, 2.75) is 52.0 Å². The van der Waals surface area contributed by atoms with Crippen molar-refractivity contribution in [2.75, 3.05) is 13.6 Å². The predicted octanol–water partition coefficient (Wildman–Crippen LogP) is 4.16. The summed E-state index contributed by atoms with van der Waals surface area (Å²) in [6.07, 6.45) is 6.61. The van der Waals surface area contributed by atoms with Crippen LogP contribution in [-0.4, -0.2) is 30.3 Å². The summed E-state index contributed by atoms with van der Waals surface area (Å²) in [5.41, 5.74) is 0.502. The highest BCUT2D eigenvalue weighted by molar-refractivity contribution is 6.00. The summed E-state index contributed by atoms with van der Waals surface area (Å²) in [4.78, 5) is 15.1. The van der Waals surface area contributed by atoms with E-state index in [0.29, 0.717) is 6.04 Å². The molecule has 110 valence electrons. The molecule has 0 spiro atoms. The van der Waals surface area contributed by atoms with Gasteiger partial charge < -0.3 is 4.90 Å². The van der Waals surface area contributed by atoms with E-state index in [4.69, 9.17) is 0 Å². The molecule has 1 fully saturated rings. The summed E-state index contributed by atoms with van der Waals surface area (Å²) in [5, 5.41) is 0. The predicted molar refractivity (Wildman–Crippen MR) is 84.1 cm³/mol. The largest absolute Gasteiger partial charge is 0.302 e. The number of Topliss-reactive ketones (excluding diaryl/α,β-unsaturated/α-hetero) is 1. The molecule has 1 aromatic carbocycles. The van der Waals surface area contributed by atoms with Gasteiger partial charge in [0.15, 0.2) is 5.78 Å². The number of rotatable bonds is 5. The van der Waals surface area contributed by atoms with Gasteiger partial charge in [0.25, 0.3) is 0 Å². The number of ketones is 1. The van der Waals surface area contributed by atoms with Gasteiger partial charge in [0, 0.05) is 23.6 Å². The Labute approximate surface area is 123 Å². The Hall–Kier alpha value is -1.15. The van der Waals surface area contributed by atoms with Gasteiger partial charge in [0.2, 0.25) is 0 Å². The van der Waals surface area contributed by atoms with E-state index in [2.05, 4.69) is 25.8 Å². The fourth-order valence-corrected chi connectivity index (χ4v) is 3.33. The van der Waals surface area contributed by atoms with E-state index >= 15 is 0 Å². The van der Waals surface area contributed by atoms with Gasteiger partial charge in [-0.3, -0.25) is 4.79 Å². The normalized spacial score (nSPS) is 17.4. The molecule has 0 unspecified atom stereocenters. The first-order valence-corrected chi connectivity index (χ1v) is 7.81. The lowest BCUT2D eigenvalue weighted by Crippen LogP contribution is -2.43. The molecular formula is C18H27NO. The first-order chi connectivity index (χ1) is 9.50. The Morgan fingerprint density at radius 1 is 1.15 bits per heavy atom. The topological polar surface area (TPSA) is 20.3 Å². The third-order valence-electron chi connectivity index (χ3n) is 4.49. The van der Waals surface area contributed by atoms with Crippen LogP contribution in [0.1, 0.15) is 56.3 Å². The number of benzene rings is 1. The van der Waals surface area contributed by atoms with Crippen LogP contribution >= 0.6 is 0 Å². The molecule has 1 aromatic rings. The van der Waals surface area contributed by atoms with E-state index in [0.717, 1.165) is 12.1 Å². The summed E-state index contributed by atoms with van der Waals surface area (Å²) in [6, 6.07) is 10.3. The summed E-state index contributed by atoms with van der Waals surface area (Å²) in [6.45, 7) is 4.98. The molecule has 0 radical (unpaired) electrons. The molecule has 1 aliphatic rings. The van der Waals surface area contributed by atoms with Crippen molar-refractivity contribution < 1.29 is 4.79 Å². The van der Waals surface area contributed by atoms with Crippen molar-refractivity contribution in [3.05, 3.63) is 35.9 Å². The Balaban J connectivity index is 2.00. The van der Waals surface area contributed by atoms with Gasteiger partial charge in [-0.05, 0) is 19.9 Å². The van der Waals surface area contributed by atoms with Gasteiger partial charge in [-0.2, -0.15) is 0 Å². The lowest BCUT2D eigenvalue weighted by atomic mass is 9.82. The van der Waals surface area contributed by atoms with Crippen molar-refractivity contribution in [1.82, 2.24) is 4.90 Å². The second-order valence-electron chi connectivity index (χ2n) is 6.79. The zero-order chi connectivity index (χ0) is 14.6. The van der Waals surface area contributed by atoms with Crippen molar-refractivity contribution >= 4 is 5.78 Å². The number of hydrogen-bond acceptors (Lipinski definition) is 2. The average molecular weight is 273 g/mol. The molecule has 20 heavy (non-hydrogen) atoms. The van der Waals surface area contributed by atoms with Gasteiger partial charge in [0.05, 0.1) is 0 Å². The summed E-state index contributed by atoms with van der Waals surface area (Å²) in [7, 11) is 2.18. The summed E-state index contributed by atoms with van der Waals surface area (Å²) in [5.74, 6) is 0.251. The molecule has 0 amide bonds. The fourth-order valence-electron chi connectivity index (χ4n) is 3.33. The van der Waals surface area contributed by atoms with E-state index in [-0.39, 0.29) is 11.2 Å². The first kappa shape index (κ1) is 15.2. The second kappa shape index (κ2) is 6.53. The van der Waals surface area contributed by atoms with Crippen LogP contribution in [0.4, 0.5) is 0 Å². The van der Waals surface area contributed by atoms with Crippen LogP contribution < -0.4 is 0 Å². The van der Waals surface area contributed by atoms with Crippen molar-refractivity contribution in [2.24, 2.45) is 5.41 Å². The van der Waals surface area contributed by atoms with Crippen molar-refractivity contribution in [3.63, 3.8) is 0 Å². The average Bonchev–Trinajstić information content (AvgIpc) is 2.48. The highest BCUT2D eigenvalue weighted by Crippen LogP contribution is 2.27. The maximum absolute atomic E-state index is 12.7. The standard InChI is InChI=1S/C18H27NO/c1-18(2,17(20)15-10-6-4-7-11-15)14-19(3)16-12-8-5-9-13-16/h4,6-7,10-11,16H,5,8-9,12-14H2,1-3H3. The molecule has 1 saturated carbocycles. The molecule has 0 bridgehead atoms. The monoisotopic (exact) mass is 273 g/mol. The molecule has 1 aliphatic carbocycles. The van der Waals surface area contributed by atoms with Gasteiger partial charge in [-0.15, -0.1) is 0 Å². The highest BCUT2D eigenvalue weighted by Gasteiger charge is 2.32. The minimum Gasteiger partial charge on any atom is -0.302 e. The highest BCUT2D eigenvalue weighted by atomic mass is 16.1. The van der Waals surface area contributed by atoms with Crippen LogP contribution in [0.3, 0.4) is 0 Å². The Morgan fingerprint density at radius 3 is 2.35 bits per heavy atom. The molecule has 2 rings (SSSR count). The Kier molecular flexibility index (Phi) is 4.98. The minimum absolute atomic E-state index is 0.251. The third kappa shape index (κ3) is 3.69. The van der Waals surface area contributed by atoms with Crippen LogP contribution in [0.25, 0.3) is 0 Å². The third-order valence-corrected chi connectivity index (χ3v) is 4.49. The lowest BCUT2D eigenvalue weighted by Gasteiger charge is -2.36. The van der Waals surface area contributed by atoms with Crippen molar-refractivity contribution in [3.8, 4) is 0 Å². The van der Waals surface area contributed by atoms with Gasteiger partial charge in [-0.25, -0.2) is 0 Å². The first-order valence-electron chi connectivity index (χ1n) is 7.81. The van der Waals surface area contributed by atoms with Gasteiger partial charge in [-0.1, -0.05) is 63.4 Å². The molecule has 0 saturated heterocycles. The van der Waals surface area contributed by atoms with Crippen LogP contribution in [0.2, 0.25) is 0 Å². The molecular weight excluding hydrogens is 246 g/mol. The second-order valence-corrected chi connectivity index (χ2v) is 6.79. The number of hydrogen-bond donors (Lipinski definition) is 0. The van der Waals surface area contributed by atoms with E-state index in [9.17, 15) is 4.79 Å². The molecule has 0 N–H and O–H groups in total. The van der Waals surface area contributed by atoms with E-state index in [1.807, 2.05) is 30.3 Å². The van der Waals surface area contributed by atoms with Gasteiger partial charge in [0.1, 0.15) is 0 Å². The number of carbonyl (C=O) groups is 1. The van der Waals surface area contributed by atoms with Crippen LogP contribution in [0, 0.1) is 5.41 Å². The summed E-state index contributed by atoms with van der Waals surface area (Å²) >= 11 is 0. The number of carbonyl (C=O) groups excluding carboxylic acids is 1. The molecule has 0 aromatic heterocycles. The minimum atomic E-state index is -0.326. The quantitative estimate of drug-likeness (QED) is 0.751. The van der Waals surface area contributed by atoms with Crippen LogP contribution in [0.15, 0.2) is 30.3 Å². The zero-order valence-electron chi connectivity index (χ0n) is 13.1. The maximum Gasteiger partial charge on any atom is 0.169 e. The molecule has 0 aliphatic heterocycles. The van der Waals surface area contributed by atoms with Crippen molar-refractivity contribution in [1.29, 1.82) is 0 Å². The molecule has 0 atom stereocenters. The maximum atomic E-state index is 12.7. The smallest absolute Gasteiger partial charge is 0.169 e. The molecule has 2 nitrogen and oxygen atoms in total. The lowest BCUT2D eigenvalue weighted by molar-refractivity contribution is 0.0724. The SMILES string of the molecule is CN(CC(C)(C)C(=O)c1ccccc1)C1CCCCC1. The van der Waals surface area contributed by atoms with E-state index in [1.54, 1.807) is 0 Å². The van der Waals surface area contributed by atoms with Gasteiger partial charge >= 0.3 is 0 Å². The van der Waals surface area contributed by atoms with E-state index < -0.39 is 0 Å².